The lowest BCUT2D eigenvalue weighted by Crippen LogP contribution is -1.89. The first-order valence-electron chi connectivity index (χ1n) is 12.1. The summed E-state index contributed by atoms with van der Waals surface area (Å²) in [7, 11) is 0. The van der Waals surface area contributed by atoms with Crippen molar-refractivity contribution >= 4 is 80.9 Å². The molecule has 0 aliphatic heterocycles. The van der Waals surface area contributed by atoms with Crippen LogP contribution >= 0.6 is 11.3 Å². The second-order valence-electron chi connectivity index (χ2n) is 9.46. The predicted octanol–water partition coefficient (Wildman–Crippen LogP) is 8.81. The first-order valence-corrected chi connectivity index (χ1v) is 12.9. The van der Waals surface area contributed by atoms with Crippen molar-refractivity contribution in [1.82, 2.24) is 14.4 Å². The van der Waals surface area contributed by atoms with Gasteiger partial charge in [0.05, 0.1) is 22.1 Å². The molecular formula is C32H17N3S. The number of rotatable bonds is 1. The number of benzene rings is 5. The minimum Gasteiger partial charge on any atom is -0.291 e. The van der Waals surface area contributed by atoms with Gasteiger partial charge in [-0.05, 0) is 53.6 Å². The maximum absolute atomic E-state index is 5.06. The average molecular weight is 476 g/mol. The molecule has 36 heavy (non-hydrogen) atoms. The fourth-order valence-corrected chi connectivity index (χ4v) is 6.98. The van der Waals surface area contributed by atoms with Crippen LogP contribution in [0.15, 0.2) is 103 Å². The van der Waals surface area contributed by atoms with E-state index in [9.17, 15) is 0 Å². The van der Waals surface area contributed by atoms with Crippen LogP contribution in [0.4, 0.5) is 0 Å². The summed E-state index contributed by atoms with van der Waals surface area (Å²) in [5.41, 5.74) is 8.60. The van der Waals surface area contributed by atoms with Crippen molar-refractivity contribution in [2.75, 3.05) is 0 Å². The van der Waals surface area contributed by atoms with Gasteiger partial charge in [-0.25, -0.2) is 9.97 Å². The third-order valence-electron chi connectivity index (χ3n) is 7.52. The van der Waals surface area contributed by atoms with Crippen molar-refractivity contribution < 1.29 is 0 Å². The van der Waals surface area contributed by atoms with Crippen LogP contribution in [0, 0.1) is 0 Å². The summed E-state index contributed by atoms with van der Waals surface area (Å²) in [6.07, 6.45) is 0. The highest BCUT2D eigenvalue weighted by Crippen LogP contribution is 2.41. The van der Waals surface area contributed by atoms with E-state index in [0.29, 0.717) is 0 Å². The summed E-state index contributed by atoms with van der Waals surface area (Å²) in [4.78, 5) is 10.1. The van der Waals surface area contributed by atoms with Crippen LogP contribution in [0.5, 0.6) is 0 Å². The van der Waals surface area contributed by atoms with Crippen molar-refractivity contribution in [3.63, 3.8) is 0 Å². The summed E-state index contributed by atoms with van der Waals surface area (Å²) in [6, 6.07) is 37.0. The number of aromatic nitrogens is 3. The number of hydrogen-bond acceptors (Lipinski definition) is 3. The zero-order valence-electron chi connectivity index (χ0n) is 19.1. The number of fused-ring (bicyclic) bond motifs is 10. The fourth-order valence-electron chi connectivity index (χ4n) is 5.89. The first kappa shape index (κ1) is 18.7. The molecule has 3 nitrogen and oxygen atoms in total. The molecule has 0 N–H and O–H groups in total. The average Bonchev–Trinajstić information content (AvgIpc) is 3.57. The van der Waals surface area contributed by atoms with Crippen LogP contribution in [-0.4, -0.2) is 14.4 Å². The molecular weight excluding hydrogens is 458 g/mol. The van der Waals surface area contributed by atoms with Gasteiger partial charge in [-0.1, -0.05) is 60.7 Å². The van der Waals surface area contributed by atoms with Gasteiger partial charge in [0.1, 0.15) is 5.52 Å². The van der Waals surface area contributed by atoms with Crippen molar-refractivity contribution in [1.29, 1.82) is 0 Å². The molecule has 0 spiro atoms. The Bertz CT molecular complexity index is 2320. The Morgan fingerprint density at radius 2 is 1.22 bits per heavy atom. The smallest absolute Gasteiger partial charge is 0.165 e. The van der Waals surface area contributed by atoms with E-state index < -0.39 is 0 Å². The Hall–Kier alpha value is -4.54. The van der Waals surface area contributed by atoms with Crippen LogP contribution < -0.4 is 0 Å². The SMILES string of the molecule is c1ccc2nc3c(nc2c1)c1cccc2c4cc(-c5ccc6sc7ccccc7c6c5)ccc4n3c21. The largest absolute Gasteiger partial charge is 0.291 e. The quantitative estimate of drug-likeness (QED) is 0.237. The molecule has 0 aliphatic rings. The lowest BCUT2D eigenvalue weighted by molar-refractivity contribution is 1.28. The Kier molecular flexibility index (Phi) is 3.42. The molecule has 0 amide bonds. The van der Waals surface area contributed by atoms with Gasteiger partial charge in [0.15, 0.2) is 5.65 Å². The molecule has 4 heterocycles. The zero-order chi connectivity index (χ0) is 23.4. The molecule has 0 saturated heterocycles. The third kappa shape index (κ3) is 2.32. The standard InChI is InChI=1S/C32H17N3S/c1-4-11-28-20(6-1)24-17-19(13-15-29(24)36-28)18-12-14-27-23(16-18)21-7-5-8-22-30-32(35(27)31(21)22)34-26-10-3-2-9-25(26)33-30/h1-17H. The minimum atomic E-state index is 0.923. The van der Waals surface area contributed by atoms with Crippen LogP contribution in [0.25, 0.3) is 80.7 Å². The van der Waals surface area contributed by atoms with Gasteiger partial charge in [-0.2, -0.15) is 0 Å². The Morgan fingerprint density at radius 3 is 2.14 bits per heavy atom. The molecule has 9 aromatic rings. The predicted molar refractivity (Wildman–Crippen MR) is 153 cm³/mol. The highest BCUT2D eigenvalue weighted by atomic mass is 32.1. The van der Waals surface area contributed by atoms with Crippen LogP contribution in [0.2, 0.25) is 0 Å². The Balaban J connectivity index is 1.35. The first-order chi connectivity index (χ1) is 17.8. The van der Waals surface area contributed by atoms with Crippen molar-refractivity contribution in [3.8, 4) is 11.1 Å². The van der Waals surface area contributed by atoms with E-state index >= 15 is 0 Å². The van der Waals surface area contributed by atoms with Gasteiger partial charge in [-0.15, -0.1) is 11.3 Å². The molecule has 0 fully saturated rings. The molecule has 0 saturated carbocycles. The summed E-state index contributed by atoms with van der Waals surface area (Å²) in [6.45, 7) is 0. The highest BCUT2D eigenvalue weighted by Gasteiger charge is 2.20. The summed E-state index contributed by atoms with van der Waals surface area (Å²) < 4.78 is 4.97. The molecule has 166 valence electrons. The monoisotopic (exact) mass is 475 g/mol. The Morgan fingerprint density at radius 1 is 0.528 bits per heavy atom. The summed E-state index contributed by atoms with van der Waals surface area (Å²) in [5.74, 6) is 0. The topological polar surface area (TPSA) is 30.2 Å². The van der Waals surface area contributed by atoms with Gasteiger partial charge in [0.2, 0.25) is 0 Å². The number of para-hydroxylation sites is 3. The van der Waals surface area contributed by atoms with E-state index in [1.807, 2.05) is 35.6 Å². The molecule has 0 atom stereocenters. The maximum atomic E-state index is 5.06. The van der Waals surface area contributed by atoms with E-state index in [0.717, 1.165) is 27.6 Å². The lowest BCUT2D eigenvalue weighted by atomic mass is 10.0. The van der Waals surface area contributed by atoms with Gasteiger partial charge < -0.3 is 0 Å². The number of thiophene rings is 1. The molecule has 0 unspecified atom stereocenters. The Labute approximate surface area is 209 Å². The molecule has 4 aromatic heterocycles. The number of nitrogens with zero attached hydrogens (tertiary/aromatic N) is 3. The van der Waals surface area contributed by atoms with E-state index in [2.05, 4.69) is 83.3 Å². The van der Waals surface area contributed by atoms with Gasteiger partial charge >= 0.3 is 0 Å². The fraction of sp³-hybridized carbons (Fsp3) is 0. The van der Waals surface area contributed by atoms with Crippen LogP contribution in [-0.2, 0) is 0 Å². The van der Waals surface area contributed by atoms with Crippen LogP contribution in [0.3, 0.4) is 0 Å². The molecule has 0 aliphatic carbocycles. The van der Waals surface area contributed by atoms with Crippen molar-refractivity contribution in [3.05, 3.63) is 103 Å². The second-order valence-corrected chi connectivity index (χ2v) is 10.5. The van der Waals surface area contributed by atoms with E-state index in [1.54, 1.807) is 0 Å². The zero-order valence-corrected chi connectivity index (χ0v) is 19.9. The number of hydrogen-bond donors (Lipinski definition) is 0. The lowest BCUT2D eigenvalue weighted by Gasteiger charge is -2.05. The van der Waals surface area contributed by atoms with Crippen LogP contribution in [0.1, 0.15) is 0 Å². The third-order valence-corrected chi connectivity index (χ3v) is 8.67. The van der Waals surface area contributed by atoms with E-state index in [4.69, 9.17) is 9.97 Å². The molecule has 0 bridgehead atoms. The minimum absolute atomic E-state index is 0.923. The summed E-state index contributed by atoms with van der Waals surface area (Å²) in [5, 5.41) is 6.31. The molecule has 0 radical (unpaired) electrons. The normalized spacial score (nSPS) is 12.4. The van der Waals surface area contributed by atoms with Crippen molar-refractivity contribution in [2.45, 2.75) is 0 Å². The van der Waals surface area contributed by atoms with Gasteiger partial charge in [0, 0.05) is 36.3 Å². The van der Waals surface area contributed by atoms with Gasteiger partial charge in [0.25, 0.3) is 0 Å². The summed E-state index contributed by atoms with van der Waals surface area (Å²) >= 11 is 1.86. The van der Waals surface area contributed by atoms with E-state index in [1.165, 1.54) is 53.1 Å². The molecule has 9 rings (SSSR count). The maximum Gasteiger partial charge on any atom is 0.165 e. The highest BCUT2D eigenvalue weighted by molar-refractivity contribution is 7.25. The van der Waals surface area contributed by atoms with Gasteiger partial charge in [-0.3, -0.25) is 4.40 Å². The molecule has 4 heteroatoms. The molecule has 5 aromatic carbocycles. The van der Waals surface area contributed by atoms with Crippen molar-refractivity contribution in [2.24, 2.45) is 0 Å². The van der Waals surface area contributed by atoms with E-state index in [-0.39, 0.29) is 0 Å². The second kappa shape index (κ2) is 6.56.